The molecule has 1 aromatic rings. The molecule has 1 amide bonds. The average molecular weight is 151 g/mol. The monoisotopic (exact) mass is 151 g/mol. The molecule has 11 heavy (non-hydrogen) atoms. The molecular weight excluding hydrogens is 142 g/mol. The summed E-state index contributed by atoms with van der Waals surface area (Å²) in [7, 11) is 1.86. The molecule has 0 aromatic carbocycles. The topological polar surface area (TPSA) is 46.9 Å². The third kappa shape index (κ3) is 0.824. The van der Waals surface area contributed by atoms with Crippen molar-refractivity contribution in [3.05, 3.63) is 17.5 Å². The summed E-state index contributed by atoms with van der Waals surface area (Å²) in [6.07, 6.45) is 2.50. The molecule has 0 bridgehead atoms. The zero-order valence-electron chi connectivity index (χ0n) is 6.29. The lowest BCUT2D eigenvalue weighted by molar-refractivity contribution is 0.0945. The quantitative estimate of drug-likeness (QED) is 0.553. The number of carbonyl (C=O) groups excluding carboxylic acids is 1. The molecule has 0 spiro atoms. The summed E-state index contributed by atoms with van der Waals surface area (Å²) in [6, 6.07) is 0. The smallest absolute Gasteiger partial charge is 0.254 e. The summed E-state index contributed by atoms with van der Waals surface area (Å²) >= 11 is 0. The van der Waals surface area contributed by atoms with Crippen molar-refractivity contribution in [1.82, 2.24) is 15.1 Å². The lowest BCUT2D eigenvalue weighted by Crippen LogP contribution is -2.31. The molecule has 2 heterocycles. The number of nitrogens with zero attached hydrogens (tertiary/aromatic N) is 2. The Kier molecular flexibility index (Phi) is 1.21. The van der Waals surface area contributed by atoms with Crippen LogP contribution < -0.4 is 5.32 Å². The van der Waals surface area contributed by atoms with Crippen molar-refractivity contribution in [1.29, 1.82) is 0 Å². The van der Waals surface area contributed by atoms with Crippen LogP contribution in [0.1, 0.15) is 16.1 Å². The maximum Gasteiger partial charge on any atom is 0.254 e. The van der Waals surface area contributed by atoms with E-state index in [-0.39, 0.29) is 5.91 Å². The highest BCUT2D eigenvalue weighted by Crippen LogP contribution is 2.10. The largest absolute Gasteiger partial charge is 0.352 e. The van der Waals surface area contributed by atoms with Crippen LogP contribution in [0.4, 0.5) is 0 Å². The number of amides is 1. The Bertz CT molecular complexity index is 303. The molecule has 0 saturated heterocycles. The predicted molar refractivity (Wildman–Crippen MR) is 39.2 cm³/mol. The van der Waals surface area contributed by atoms with Crippen molar-refractivity contribution in [3.63, 3.8) is 0 Å². The number of nitrogens with one attached hydrogen (secondary N) is 1. The molecule has 2 rings (SSSR count). The van der Waals surface area contributed by atoms with Gasteiger partial charge in [0.1, 0.15) is 0 Å². The van der Waals surface area contributed by atoms with Crippen molar-refractivity contribution in [2.45, 2.75) is 6.42 Å². The normalized spacial score (nSPS) is 15.9. The minimum atomic E-state index is -0.000602. The third-order valence-electron chi connectivity index (χ3n) is 1.95. The van der Waals surface area contributed by atoms with E-state index in [1.165, 1.54) is 0 Å². The number of hydrogen-bond donors (Lipinski definition) is 1. The third-order valence-corrected chi connectivity index (χ3v) is 1.95. The fourth-order valence-electron chi connectivity index (χ4n) is 1.34. The molecule has 0 atom stereocenters. The first-order valence-corrected chi connectivity index (χ1v) is 3.58. The number of rotatable bonds is 0. The van der Waals surface area contributed by atoms with E-state index in [2.05, 4.69) is 10.4 Å². The fourth-order valence-corrected chi connectivity index (χ4v) is 1.34. The van der Waals surface area contributed by atoms with Crippen molar-refractivity contribution in [2.75, 3.05) is 6.54 Å². The second kappa shape index (κ2) is 2.08. The fraction of sp³-hybridized carbons (Fsp3) is 0.429. The predicted octanol–water partition coefficient (Wildman–Crippen LogP) is -0.294. The first kappa shape index (κ1) is 6.39. The van der Waals surface area contributed by atoms with E-state index in [4.69, 9.17) is 0 Å². The molecule has 0 radical (unpaired) electrons. The zero-order valence-corrected chi connectivity index (χ0v) is 6.29. The standard InChI is InChI=1S/C7H9N3O/c1-10-6-2-3-8-7(11)5(6)4-9-10/h4H,2-3H2,1H3,(H,8,11). The number of aryl methyl sites for hydroxylation is 1. The number of hydrogen-bond acceptors (Lipinski definition) is 2. The highest BCUT2D eigenvalue weighted by Gasteiger charge is 2.19. The van der Waals surface area contributed by atoms with E-state index in [0.717, 1.165) is 24.2 Å². The van der Waals surface area contributed by atoms with Crippen LogP contribution in [0.25, 0.3) is 0 Å². The van der Waals surface area contributed by atoms with Crippen LogP contribution in [0, 0.1) is 0 Å². The Morgan fingerprint density at radius 3 is 3.27 bits per heavy atom. The van der Waals surface area contributed by atoms with Crippen molar-refractivity contribution in [3.8, 4) is 0 Å². The minimum absolute atomic E-state index is 0.000602. The van der Waals surface area contributed by atoms with Crippen molar-refractivity contribution < 1.29 is 4.79 Å². The van der Waals surface area contributed by atoms with Crippen LogP contribution in [0.3, 0.4) is 0 Å². The molecule has 4 heteroatoms. The Hall–Kier alpha value is -1.32. The lowest BCUT2D eigenvalue weighted by atomic mass is 10.1. The first-order valence-electron chi connectivity index (χ1n) is 3.58. The van der Waals surface area contributed by atoms with Gasteiger partial charge in [0, 0.05) is 20.0 Å². The molecule has 0 saturated carbocycles. The van der Waals surface area contributed by atoms with E-state index in [1.54, 1.807) is 10.9 Å². The maximum absolute atomic E-state index is 11.1. The average Bonchev–Trinajstić information content (AvgIpc) is 2.35. The molecular formula is C7H9N3O. The van der Waals surface area contributed by atoms with Gasteiger partial charge in [0.05, 0.1) is 17.5 Å². The van der Waals surface area contributed by atoms with Gasteiger partial charge in [-0.25, -0.2) is 0 Å². The summed E-state index contributed by atoms with van der Waals surface area (Å²) in [5.74, 6) is -0.000602. The van der Waals surface area contributed by atoms with E-state index in [1.807, 2.05) is 7.05 Å². The van der Waals surface area contributed by atoms with E-state index < -0.39 is 0 Å². The Balaban J connectivity index is 2.55. The Labute approximate surface area is 64.2 Å². The van der Waals surface area contributed by atoms with Gasteiger partial charge in [-0.15, -0.1) is 0 Å². The van der Waals surface area contributed by atoms with E-state index in [9.17, 15) is 4.79 Å². The highest BCUT2D eigenvalue weighted by molar-refractivity contribution is 5.96. The summed E-state index contributed by atoms with van der Waals surface area (Å²) in [6.45, 7) is 0.728. The van der Waals surface area contributed by atoms with Crippen molar-refractivity contribution in [2.24, 2.45) is 7.05 Å². The molecule has 1 aliphatic heterocycles. The maximum atomic E-state index is 11.1. The van der Waals surface area contributed by atoms with Gasteiger partial charge in [0.15, 0.2) is 0 Å². The van der Waals surface area contributed by atoms with E-state index in [0.29, 0.717) is 0 Å². The zero-order chi connectivity index (χ0) is 7.84. The van der Waals surface area contributed by atoms with E-state index >= 15 is 0 Å². The minimum Gasteiger partial charge on any atom is -0.352 e. The van der Waals surface area contributed by atoms with Gasteiger partial charge < -0.3 is 5.32 Å². The van der Waals surface area contributed by atoms with Gasteiger partial charge in [0.25, 0.3) is 5.91 Å². The van der Waals surface area contributed by atoms with Crippen LogP contribution in [-0.4, -0.2) is 22.2 Å². The SMILES string of the molecule is Cn1ncc2c1CCNC2=O. The van der Waals surface area contributed by atoms with Gasteiger partial charge in [-0.1, -0.05) is 0 Å². The molecule has 0 fully saturated rings. The number of aromatic nitrogens is 2. The molecule has 58 valence electrons. The first-order chi connectivity index (χ1) is 5.29. The van der Waals surface area contributed by atoms with Crippen LogP contribution in [0.15, 0.2) is 6.20 Å². The molecule has 1 aromatic heterocycles. The number of carbonyl (C=O) groups is 1. The highest BCUT2D eigenvalue weighted by atomic mass is 16.1. The van der Waals surface area contributed by atoms with Gasteiger partial charge >= 0.3 is 0 Å². The second-order valence-corrected chi connectivity index (χ2v) is 2.63. The Morgan fingerprint density at radius 1 is 1.73 bits per heavy atom. The molecule has 4 nitrogen and oxygen atoms in total. The molecule has 0 unspecified atom stereocenters. The van der Waals surface area contributed by atoms with Crippen LogP contribution >= 0.6 is 0 Å². The summed E-state index contributed by atoms with van der Waals surface area (Å²) in [4.78, 5) is 11.1. The van der Waals surface area contributed by atoms with Gasteiger partial charge in [-0.05, 0) is 0 Å². The number of fused-ring (bicyclic) bond motifs is 1. The molecule has 1 aliphatic rings. The van der Waals surface area contributed by atoms with Gasteiger partial charge in [-0.2, -0.15) is 5.10 Å². The van der Waals surface area contributed by atoms with Gasteiger partial charge in [-0.3, -0.25) is 9.48 Å². The summed E-state index contributed by atoms with van der Waals surface area (Å²) in [5, 5.41) is 6.76. The molecule has 0 aliphatic carbocycles. The second-order valence-electron chi connectivity index (χ2n) is 2.63. The van der Waals surface area contributed by atoms with Crippen LogP contribution in [0.2, 0.25) is 0 Å². The van der Waals surface area contributed by atoms with Crippen molar-refractivity contribution >= 4 is 5.91 Å². The lowest BCUT2D eigenvalue weighted by Gasteiger charge is -2.12. The molecule has 1 N–H and O–H groups in total. The van der Waals surface area contributed by atoms with Crippen LogP contribution in [0.5, 0.6) is 0 Å². The van der Waals surface area contributed by atoms with Gasteiger partial charge in [0.2, 0.25) is 0 Å². The summed E-state index contributed by atoms with van der Waals surface area (Å²) in [5.41, 5.74) is 1.76. The van der Waals surface area contributed by atoms with Crippen LogP contribution in [-0.2, 0) is 13.5 Å². The summed E-state index contributed by atoms with van der Waals surface area (Å²) < 4.78 is 1.76. The Morgan fingerprint density at radius 2 is 2.55 bits per heavy atom.